The first-order valence-electron chi connectivity index (χ1n) is 7.44. The summed E-state index contributed by atoms with van der Waals surface area (Å²) in [5.74, 6) is -0.937. The molecule has 5 heteroatoms. The van der Waals surface area contributed by atoms with Crippen molar-refractivity contribution in [2.45, 2.75) is 32.6 Å². The highest BCUT2D eigenvalue weighted by atomic mass is 16.4. The number of hydrogen-bond acceptors (Lipinski definition) is 3. The Balaban J connectivity index is 1.87. The number of nitrogens with one attached hydrogen (secondary N) is 1. The van der Waals surface area contributed by atoms with Crippen LogP contribution in [-0.2, 0) is 22.4 Å². The van der Waals surface area contributed by atoms with Crippen molar-refractivity contribution >= 4 is 17.6 Å². The summed E-state index contributed by atoms with van der Waals surface area (Å²) in [6.07, 6.45) is 3.45. The van der Waals surface area contributed by atoms with Gasteiger partial charge in [-0.05, 0) is 49.1 Å². The summed E-state index contributed by atoms with van der Waals surface area (Å²) >= 11 is 0. The number of carbonyl (C=O) groups excluding carboxylic acids is 1. The molecule has 1 amide bonds. The molecule has 21 heavy (non-hydrogen) atoms. The fourth-order valence-corrected chi connectivity index (χ4v) is 2.66. The molecule has 0 bridgehead atoms. The van der Waals surface area contributed by atoms with E-state index in [0.717, 1.165) is 18.5 Å². The highest BCUT2D eigenvalue weighted by Gasteiger charge is 2.13. The molecule has 0 aromatic heterocycles. The minimum absolute atomic E-state index is 0.0555. The van der Waals surface area contributed by atoms with E-state index >= 15 is 0 Å². The first-order valence-corrected chi connectivity index (χ1v) is 7.44. The number of fused-ring (bicyclic) bond motifs is 1. The number of aliphatic carboxylic acids is 1. The number of aryl methyl sites for hydroxylation is 2. The van der Waals surface area contributed by atoms with Gasteiger partial charge in [0.2, 0.25) is 5.91 Å². The van der Waals surface area contributed by atoms with E-state index in [1.165, 1.54) is 17.5 Å². The van der Waals surface area contributed by atoms with E-state index in [-0.39, 0.29) is 18.9 Å². The van der Waals surface area contributed by atoms with Gasteiger partial charge < -0.3 is 10.4 Å². The van der Waals surface area contributed by atoms with Crippen molar-refractivity contribution < 1.29 is 14.7 Å². The van der Waals surface area contributed by atoms with Gasteiger partial charge in [-0.15, -0.1) is 0 Å². The van der Waals surface area contributed by atoms with Gasteiger partial charge >= 0.3 is 5.97 Å². The van der Waals surface area contributed by atoms with Gasteiger partial charge in [0.15, 0.2) is 0 Å². The lowest BCUT2D eigenvalue weighted by Crippen LogP contribution is -2.34. The zero-order chi connectivity index (χ0) is 15.2. The molecule has 0 saturated carbocycles. The number of anilines is 1. The molecule has 0 unspecified atom stereocenters. The molecule has 114 valence electrons. The fourth-order valence-electron chi connectivity index (χ4n) is 2.66. The van der Waals surface area contributed by atoms with Crippen LogP contribution >= 0.6 is 0 Å². The molecule has 0 atom stereocenters. The van der Waals surface area contributed by atoms with Gasteiger partial charge in [0.1, 0.15) is 0 Å². The lowest BCUT2D eigenvalue weighted by atomic mass is 10.1. The molecule has 0 saturated heterocycles. The van der Waals surface area contributed by atoms with E-state index in [0.29, 0.717) is 13.1 Å². The highest BCUT2D eigenvalue weighted by Crippen LogP contribution is 2.24. The number of hydrogen-bond donors (Lipinski definition) is 2. The zero-order valence-corrected chi connectivity index (χ0v) is 12.4. The van der Waals surface area contributed by atoms with Gasteiger partial charge in [0.25, 0.3) is 0 Å². The third-order valence-corrected chi connectivity index (χ3v) is 3.84. The lowest BCUT2D eigenvalue weighted by Gasteiger charge is -2.18. The van der Waals surface area contributed by atoms with Gasteiger partial charge in [-0.1, -0.05) is 13.0 Å². The van der Waals surface area contributed by atoms with Crippen LogP contribution in [0.15, 0.2) is 18.2 Å². The Morgan fingerprint density at radius 1 is 1.29 bits per heavy atom. The Kier molecular flexibility index (Phi) is 5.33. The standard InChI is InChI=1S/C16H22N2O3/c1-2-18(9-8-16(20)21)11-15(19)17-14-7-6-12-4-3-5-13(12)10-14/h6-7,10H,2-5,8-9,11H2,1H3,(H,17,19)(H,20,21). The molecule has 0 spiro atoms. The topological polar surface area (TPSA) is 69.6 Å². The Morgan fingerprint density at radius 2 is 2.05 bits per heavy atom. The molecule has 1 aromatic rings. The van der Waals surface area contributed by atoms with Gasteiger partial charge in [-0.3, -0.25) is 14.5 Å². The quantitative estimate of drug-likeness (QED) is 0.805. The van der Waals surface area contributed by atoms with Crippen LogP contribution in [0.4, 0.5) is 5.69 Å². The normalized spacial score (nSPS) is 13.2. The number of carbonyl (C=O) groups is 2. The van der Waals surface area contributed by atoms with E-state index in [1.54, 1.807) is 0 Å². The maximum atomic E-state index is 12.0. The highest BCUT2D eigenvalue weighted by molar-refractivity contribution is 5.92. The summed E-state index contributed by atoms with van der Waals surface area (Å²) in [5, 5.41) is 11.6. The molecule has 2 rings (SSSR count). The molecule has 1 aliphatic rings. The van der Waals surface area contributed by atoms with Crippen molar-refractivity contribution in [3.8, 4) is 0 Å². The summed E-state index contributed by atoms with van der Waals surface area (Å²) in [4.78, 5) is 24.4. The minimum atomic E-state index is -0.840. The van der Waals surface area contributed by atoms with Crippen molar-refractivity contribution in [2.24, 2.45) is 0 Å². The Labute approximate surface area is 125 Å². The number of likely N-dealkylation sites (N-methyl/N-ethyl adjacent to an activating group) is 1. The van der Waals surface area contributed by atoms with Crippen molar-refractivity contribution in [3.63, 3.8) is 0 Å². The van der Waals surface area contributed by atoms with E-state index in [1.807, 2.05) is 24.0 Å². The van der Waals surface area contributed by atoms with Crippen LogP contribution in [0.3, 0.4) is 0 Å². The third kappa shape index (κ3) is 4.56. The second kappa shape index (κ2) is 7.22. The van der Waals surface area contributed by atoms with Crippen molar-refractivity contribution in [1.82, 2.24) is 4.90 Å². The average Bonchev–Trinajstić information content (AvgIpc) is 2.90. The Bertz CT molecular complexity index is 528. The van der Waals surface area contributed by atoms with Crippen molar-refractivity contribution in [1.29, 1.82) is 0 Å². The SMILES string of the molecule is CCN(CCC(=O)O)CC(=O)Nc1ccc2c(c1)CCC2. The minimum Gasteiger partial charge on any atom is -0.481 e. The van der Waals surface area contributed by atoms with Crippen LogP contribution in [0.2, 0.25) is 0 Å². The third-order valence-electron chi connectivity index (χ3n) is 3.84. The molecule has 1 aromatic carbocycles. The number of carboxylic acid groups (broad SMARTS) is 1. The molecular formula is C16H22N2O3. The number of amides is 1. The van der Waals surface area contributed by atoms with Crippen molar-refractivity contribution in [2.75, 3.05) is 25.0 Å². The Hall–Kier alpha value is -1.88. The second-order valence-electron chi connectivity index (χ2n) is 5.40. The summed E-state index contributed by atoms with van der Waals surface area (Å²) in [7, 11) is 0. The monoisotopic (exact) mass is 290 g/mol. The number of benzene rings is 1. The molecule has 0 heterocycles. The summed E-state index contributed by atoms with van der Waals surface area (Å²) in [5.41, 5.74) is 3.53. The van der Waals surface area contributed by atoms with Gasteiger partial charge in [-0.25, -0.2) is 0 Å². The van der Waals surface area contributed by atoms with E-state index < -0.39 is 5.97 Å². The molecular weight excluding hydrogens is 268 g/mol. The van der Waals surface area contributed by atoms with E-state index in [2.05, 4.69) is 11.4 Å². The summed E-state index contributed by atoms with van der Waals surface area (Å²) in [6, 6.07) is 6.07. The molecule has 0 aliphatic heterocycles. The van der Waals surface area contributed by atoms with Gasteiger partial charge in [0.05, 0.1) is 13.0 Å². The predicted molar refractivity (Wildman–Crippen MR) is 81.5 cm³/mol. The predicted octanol–water partition coefficient (Wildman–Crippen LogP) is 1.91. The number of rotatable bonds is 7. The smallest absolute Gasteiger partial charge is 0.304 e. The van der Waals surface area contributed by atoms with Gasteiger partial charge in [-0.2, -0.15) is 0 Å². The van der Waals surface area contributed by atoms with Crippen LogP contribution in [0, 0.1) is 0 Å². The van der Waals surface area contributed by atoms with Crippen molar-refractivity contribution in [3.05, 3.63) is 29.3 Å². The lowest BCUT2D eigenvalue weighted by molar-refractivity contribution is -0.137. The van der Waals surface area contributed by atoms with Gasteiger partial charge in [0, 0.05) is 12.2 Å². The Morgan fingerprint density at radius 3 is 2.76 bits per heavy atom. The molecule has 1 aliphatic carbocycles. The maximum absolute atomic E-state index is 12.0. The fraction of sp³-hybridized carbons (Fsp3) is 0.500. The van der Waals surface area contributed by atoms with E-state index in [9.17, 15) is 9.59 Å². The first-order chi connectivity index (χ1) is 10.1. The zero-order valence-electron chi connectivity index (χ0n) is 12.4. The molecule has 0 radical (unpaired) electrons. The largest absolute Gasteiger partial charge is 0.481 e. The molecule has 5 nitrogen and oxygen atoms in total. The molecule has 2 N–H and O–H groups in total. The number of carboxylic acids is 1. The average molecular weight is 290 g/mol. The first kappa shape index (κ1) is 15.5. The van der Waals surface area contributed by atoms with E-state index in [4.69, 9.17) is 5.11 Å². The van der Waals surface area contributed by atoms with Crippen LogP contribution in [0.5, 0.6) is 0 Å². The maximum Gasteiger partial charge on any atom is 0.304 e. The van der Waals surface area contributed by atoms with Crippen LogP contribution in [0.25, 0.3) is 0 Å². The van der Waals surface area contributed by atoms with Crippen LogP contribution in [-0.4, -0.2) is 41.5 Å². The number of nitrogens with zero attached hydrogens (tertiary/aromatic N) is 1. The summed E-state index contributed by atoms with van der Waals surface area (Å²) in [6.45, 7) is 3.19. The summed E-state index contributed by atoms with van der Waals surface area (Å²) < 4.78 is 0. The van der Waals surface area contributed by atoms with Crippen LogP contribution in [0.1, 0.15) is 30.9 Å². The second-order valence-corrected chi connectivity index (χ2v) is 5.40. The molecule has 0 fully saturated rings. The van der Waals surface area contributed by atoms with Crippen LogP contribution < -0.4 is 5.32 Å².